The van der Waals surface area contributed by atoms with Crippen LogP contribution >= 0.6 is 0 Å². The molecule has 6 heteroatoms. The van der Waals surface area contributed by atoms with Crippen LogP contribution in [0.1, 0.15) is 29.2 Å². The summed E-state index contributed by atoms with van der Waals surface area (Å²) in [5.74, 6) is -0.963. The summed E-state index contributed by atoms with van der Waals surface area (Å²) in [5, 5.41) is 12.1. The number of allylic oxidation sites excluding steroid dienone is 1. The third-order valence-corrected chi connectivity index (χ3v) is 5.26. The lowest BCUT2D eigenvalue weighted by Crippen LogP contribution is -2.64. The molecule has 2 aromatic carbocycles. The number of benzene rings is 2. The van der Waals surface area contributed by atoms with Crippen LogP contribution in [0.2, 0.25) is 0 Å². The van der Waals surface area contributed by atoms with Crippen LogP contribution in [-0.4, -0.2) is 29.3 Å². The summed E-state index contributed by atoms with van der Waals surface area (Å²) in [4.78, 5) is 27.1. The van der Waals surface area contributed by atoms with Gasteiger partial charge < -0.3 is 10.2 Å². The Morgan fingerprint density at radius 3 is 2.55 bits per heavy atom. The quantitative estimate of drug-likeness (QED) is 0.815. The Balaban J connectivity index is 1.84. The molecular weight excluding hydrogens is 369 g/mol. The number of likely N-dealkylation sites (N-methyl/N-ethyl adjacent to an activating group) is 1. The van der Waals surface area contributed by atoms with Gasteiger partial charge in [0.15, 0.2) is 0 Å². The molecule has 1 atom stereocenters. The van der Waals surface area contributed by atoms with Crippen molar-refractivity contribution in [2.24, 2.45) is 0 Å². The molecule has 1 heterocycles. The Morgan fingerprint density at radius 1 is 1.21 bits per heavy atom. The Kier molecular flexibility index (Phi) is 5.51. The lowest BCUT2D eigenvalue weighted by atomic mass is 9.88. The molecule has 0 aliphatic carbocycles. The first-order chi connectivity index (χ1) is 13.7. The molecule has 1 aliphatic heterocycles. The SMILES string of the molecule is Cc1cccc(C#N)c1CC=C1C(=O)NC(C)(Cc2ccc(F)cc2)C(=O)N1C. The minimum Gasteiger partial charge on any atom is -0.336 e. The maximum absolute atomic E-state index is 13.1. The minimum absolute atomic E-state index is 0.249. The molecule has 1 N–H and O–H groups in total. The van der Waals surface area contributed by atoms with Crippen LogP contribution in [0.4, 0.5) is 4.39 Å². The molecule has 0 radical (unpaired) electrons. The zero-order valence-corrected chi connectivity index (χ0v) is 16.6. The average molecular weight is 391 g/mol. The van der Waals surface area contributed by atoms with Gasteiger partial charge in [-0.2, -0.15) is 5.26 Å². The Morgan fingerprint density at radius 2 is 1.90 bits per heavy atom. The molecule has 2 aromatic rings. The van der Waals surface area contributed by atoms with Crippen molar-refractivity contribution in [2.75, 3.05) is 7.05 Å². The van der Waals surface area contributed by atoms with Gasteiger partial charge in [0.05, 0.1) is 11.6 Å². The van der Waals surface area contributed by atoms with Crippen LogP contribution in [0.25, 0.3) is 0 Å². The van der Waals surface area contributed by atoms with Gasteiger partial charge >= 0.3 is 0 Å². The van der Waals surface area contributed by atoms with E-state index in [1.807, 2.05) is 19.1 Å². The van der Waals surface area contributed by atoms with Gasteiger partial charge in [0.2, 0.25) is 0 Å². The van der Waals surface area contributed by atoms with Crippen LogP contribution in [-0.2, 0) is 22.4 Å². The van der Waals surface area contributed by atoms with E-state index >= 15 is 0 Å². The van der Waals surface area contributed by atoms with E-state index in [1.165, 1.54) is 17.0 Å². The first-order valence-corrected chi connectivity index (χ1v) is 9.29. The normalized spacial score (nSPS) is 20.5. The van der Waals surface area contributed by atoms with Crippen molar-refractivity contribution in [1.29, 1.82) is 5.26 Å². The molecule has 5 nitrogen and oxygen atoms in total. The molecule has 0 spiro atoms. The van der Waals surface area contributed by atoms with Gasteiger partial charge in [-0.15, -0.1) is 0 Å². The number of nitriles is 1. The summed E-state index contributed by atoms with van der Waals surface area (Å²) in [5.41, 5.74) is 2.21. The third-order valence-electron chi connectivity index (χ3n) is 5.26. The summed E-state index contributed by atoms with van der Waals surface area (Å²) < 4.78 is 13.1. The Bertz CT molecular complexity index is 1040. The van der Waals surface area contributed by atoms with E-state index in [1.54, 1.807) is 38.2 Å². The van der Waals surface area contributed by atoms with Crippen LogP contribution in [0, 0.1) is 24.1 Å². The second-order valence-electron chi connectivity index (χ2n) is 7.46. The van der Waals surface area contributed by atoms with Crippen molar-refractivity contribution in [3.8, 4) is 6.07 Å². The number of nitrogens with zero attached hydrogens (tertiary/aromatic N) is 2. The Labute approximate surface area is 169 Å². The number of piperazine rings is 1. The van der Waals surface area contributed by atoms with Gasteiger partial charge in [0.25, 0.3) is 11.8 Å². The highest BCUT2D eigenvalue weighted by atomic mass is 19.1. The standard InChI is InChI=1S/C23H22FN3O2/c1-15-5-4-6-17(14-25)19(15)11-12-20-21(28)26-23(2,22(29)27(20)3)13-16-7-9-18(24)10-8-16/h4-10,12H,11,13H2,1-3H3,(H,26,28). The fourth-order valence-corrected chi connectivity index (χ4v) is 3.64. The van der Waals surface area contributed by atoms with E-state index in [9.17, 15) is 19.2 Å². The second kappa shape index (κ2) is 7.88. The number of rotatable bonds is 4. The highest BCUT2D eigenvalue weighted by Crippen LogP contribution is 2.24. The van der Waals surface area contributed by atoms with Crippen molar-refractivity contribution < 1.29 is 14.0 Å². The van der Waals surface area contributed by atoms with E-state index in [0.29, 0.717) is 12.0 Å². The predicted octanol–water partition coefficient (Wildman–Crippen LogP) is 3.02. The largest absolute Gasteiger partial charge is 0.336 e. The van der Waals surface area contributed by atoms with Crippen LogP contribution in [0.15, 0.2) is 54.2 Å². The molecule has 1 aliphatic rings. The van der Waals surface area contributed by atoms with E-state index in [4.69, 9.17) is 0 Å². The molecule has 0 saturated carbocycles. The topological polar surface area (TPSA) is 73.2 Å². The number of aryl methyl sites for hydroxylation is 1. The summed E-state index contributed by atoms with van der Waals surface area (Å²) in [6.45, 7) is 3.57. The van der Waals surface area contributed by atoms with Crippen molar-refractivity contribution in [1.82, 2.24) is 10.2 Å². The lowest BCUT2D eigenvalue weighted by Gasteiger charge is -2.39. The fourth-order valence-electron chi connectivity index (χ4n) is 3.64. The van der Waals surface area contributed by atoms with Crippen LogP contribution in [0.3, 0.4) is 0 Å². The molecule has 0 bridgehead atoms. The van der Waals surface area contributed by atoms with Crippen molar-refractivity contribution in [3.05, 3.63) is 82.3 Å². The van der Waals surface area contributed by atoms with Gasteiger partial charge in [-0.3, -0.25) is 9.59 Å². The minimum atomic E-state index is -1.12. The molecule has 29 heavy (non-hydrogen) atoms. The fraction of sp³-hybridized carbons (Fsp3) is 0.261. The number of halogens is 1. The average Bonchev–Trinajstić information content (AvgIpc) is 2.69. The number of hydrogen-bond donors (Lipinski definition) is 1. The maximum Gasteiger partial charge on any atom is 0.268 e. The maximum atomic E-state index is 13.1. The lowest BCUT2D eigenvalue weighted by molar-refractivity contribution is -0.143. The van der Waals surface area contributed by atoms with E-state index in [0.717, 1.165) is 16.7 Å². The second-order valence-corrected chi connectivity index (χ2v) is 7.46. The molecule has 1 fully saturated rings. The highest BCUT2D eigenvalue weighted by Gasteiger charge is 2.44. The summed E-state index contributed by atoms with van der Waals surface area (Å²) in [6.07, 6.45) is 2.30. The molecular formula is C23H22FN3O2. The number of amides is 2. The Hall–Kier alpha value is -3.46. The third kappa shape index (κ3) is 4.04. The molecule has 1 unspecified atom stereocenters. The van der Waals surface area contributed by atoms with Crippen LogP contribution in [0.5, 0.6) is 0 Å². The molecule has 3 rings (SSSR count). The van der Waals surface area contributed by atoms with E-state index in [-0.39, 0.29) is 29.7 Å². The van der Waals surface area contributed by atoms with E-state index < -0.39 is 5.54 Å². The van der Waals surface area contributed by atoms with Gasteiger partial charge in [0.1, 0.15) is 17.1 Å². The highest BCUT2D eigenvalue weighted by molar-refractivity contribution is 6.06. The molecule has 0 aromatic heterocycles. The summed E-state index contributed by atoms with van der Waals surface area (Å²) in [7, 11) is 1.57. The molecule has 148 valence electrons. The van der Waals surface area contributed by atoms with E-state index in [2.05, 4.69) is 11.4 Å². The predicted molar refractivity (Wildman–Crippen MR) is 107 cm³/mol. The van der Waals surface area contributed by atoms with Gasteiger partial charge in [-0.25, -0.2) is 4.39 Å². The number of carbonyl (C=O) groups excluding carboxylic acids is 2. The zero-order chi connectivity index (χ0) is 21.2. The smallest absolute Gasteiger partial charge is 0.268 e. The van der Waals surface area contributed by atoms with Crippen molar-refractivity contribution in [2.45, 2.75) is 32.2 Å². The van der Waals surface area contributed by atoms with Gasteiger partial charge in [-0.05, 0) is 55.2 Å². The van der Waals surface area contributed by atoms with Gasteiger partial charge in [0, 0.05) is 13.5 Å². The first-order valence-electron chi connectivity index (χ1n) is 9.29. The summed E-state index contributed by atoms with van der Waals surface area (Å²) >= 11 is 0. The molecule has 2 amide bonds. The monoisotopic (exact) mass is 391 g/mol. The van der Waals surface area contributed by atoms with Crippen LogP contribution < -0.4 is 5.32 Å². The first kappa shape index (κ1) is 20.3. The number of hydrogen-bond acceptors (Lipinski definition) is 3. The van der Waals surface area contributed by atoms with Crippen molar-refractivity contribution >= 4 is 11.8 Å². The van der Waals surface area contributed by atoms with Crippen molar-refractivity contribution in [3.63, 3.8) is 0 Å². The van der Waals surface area contributed by atoms with Gasteiger partial charge in [-0.1, -0.05) is 30.3 Å². The summed E-state index contributed by atoms with van der Waals surface area (Å²) in [6, 6.07) is 13.5. The number of nitrogens with one attached hydrogen (secondary N) is 1. The molecule has 1 saturated heterocycles. The number of carbonyl (C=O) groups is 2. The zero-order valence-electron chi connectivity index (χ0n) is 16.6.